The van der Waals surface area contributed by atoms with Crippen molar-refractivity contribution in [3.63, 3.8) is 0 Å². The molecule has 106 valence electrons. The zero-order valence-electron chi connectivity index (χ0n) is 11.1. The average Bonchev–Trinajstić information content (AvgIpc) is 2.45. The molecular formula is C14H16N2O4. The molecule has 20 heavy (non-hydrogen) atoms. The summed E-state index contributed by atoms with van der Waals surface area (Å²) >= 11 is 0. The van der Waals surface area contributed by atoms with Crippen molar-refractivity contribution in [1.82, 2.24) is 4.57 Å². The molecule has 2 rings (SSSR count). The number of nitrogens with two attached hydrogens (primary N) is 1. The molecule has 0 unspecified atom stereocenters. The lowest BCUT2D eigenvalue weighted by Crippen LogP contribution is -2.19. The molecule has 0 saturated carbocycles. The van der Waals surface area contributed by atoms with Gasteiger partial charge in [-0.3, -0.25) is 4.79 Å². The summed E-state index contributed by atoms with van der Waals surface area (Å²) in [6, 6.07) is 5.05. The molecule has 0 amide bonds. The van der Waals surface area contributed by atoms with Gasteiger partial charge in [-0.2, -0.15) is 0 Å². The third-order valence-electron chi connectivity index (χ3n) is 3.01. The number of rotatable bonds is 5. The normalized spacial score (nSPS) is 10.7. The van der Waals surface area contributed by atoms with Gasteiger partial charge in [0.1, 0.15) is 17.9 Å². The standard InChI is InChI=1S/C14H16N2O4/c1-2-16-8-11(14(18)19)13(17)10-7-9(20-6-5-15)3-4-12(10)16/h3-4,7-8H,2,5-6,15H2,1H3,(H,18,19). The van der Waals surface area contributed by atoms with E-state index in [4.69, 9.17) is 15.6 Å². The van der Waals surface area contributed by atoms with Gasteiger partial charge in [-0.1, -0.05) is 0 Å². The Morgan fingerprint density at radius 3 is 2.80 bits per heavy atom. The summed E-state index contributed by atoms with van der Waals surface area (Å²) in [5.41, 5.74) is 5.30. The summed E-state index contributed by atoms with van der Waals surface area (Å²) in [6.45, 7) is 3.16. The van der Waals surface area contributed by atoms with Gasteiger partial charge in [0.2, 0.25) is 5.43 Å². The molecule has 3 N–H and O–H groups in total. The van der Waals surface area contributed by atoms with Crippen LogP contribution in [0.4, 0.5) is 0 Å². The Labute approximate surface area is 115 Å². The Kier molecular flexibility index (Phi) is 4.05. The number of carboxylic acid groups (broad SMARTS) is 1. The first-order valence-electron chi connectivity index (χ1n) is 6.31. The second-order valence-electron chi connectivity index (χ2n) is 4.28. The number of pyridine rings is 1. The minimum absolute atomic E-state index is 0.240. The third kappa shape index (κ3) is 2.50. The van der Waals surface area contributed by atoms with Gasteiger partial charge < -0.3 is 20.1 Å². The highest BCUT2D eigenvalue weighted by molar-refractivity contribution is 5.92. The first-order valence-corrected chi connectivity index (χ1v) is 6.31. The summed E-state index contributed by atoms with van der Waals surface area (Å²) in [6.07, 6.45) is 1.37. The Morgan fingerprint density at radius 2 is 2.20 bits per heavy atom. The lowest BCUT2D eigenvalue weighted by molar-refractivity contribution is 0.0695. The number of carboxylic acids is 1. The average molecular weight is 276 g/mol. The van der Waals surface area contributed by atoms with Crippen LogP contribution in [-0.2, 0) is 6.54 Å². The number of fused-ring (bicyclic) bond motifs is 1. The van der Waals surface area contributed by atoms with Crippen molar-refractivity contribution in [2.24, 2.45) is 5.73 Å². The molecule has 1 aromatic heterocycles. The van der Waals surface area contributed by atoms with Crippen LogP contribution in [0.25, 0.3) is 10.9 Å². The van der Waals surface area contributed by atoms with Crippen molar-refractivity contribution in [1.29, 1.82) is 0 Å². The fraction of sp³-hybridized carbons (Fsp3) is 0.286. The first-order chi connectivity index (χ1) is 9.58. The maximum absolute atomic E-state index is 12.2. The maximum atomic E-state index is 12.2. The van der Waals surface area contributed by atoms with E-state index in [1.165, 1.54) is 6.20 Å². The van der Waals surface area contributed by atoms with Gasteiger partial charge in [0.05, 0.1) is 10.9 Å². The largest absolute Gasteiger partial charge is 0.492 e. The number of hydrogen-bond donors (Lipinski definition) is 2. The monoisotopic (exact) mass is 276 g/mol. The second-order valence-corrected chi connectivity index (χ2v) is 4.28. The van der Waals surface area contributed by atoms with Gasteiger partial charge in [0.15, 0.2) is 0 Å². The van der Waals surface area contributed by atoms with E-state index in [1.54, 1.807) is 22.8 Å². The number of aryl methyl sites for hydroxylation is 1. The van der Waals surface area contributed by atoms with Crippen LogP contribution in [0.2, 0.25) is 0 Å². The molecule has 1 heterocycles. The lowest BCUT2D eigenvalue weighted by atomic mass is 10.1. The molecule has 0 radical (unpaired) electrons. The molecule has 0 fully saturated rings. The van der Waals surface area contributed by atoms with E-state index >= 15 is 0 Å². The smallest absolute Gasteiger partial charge is 0.341 e. The Morgan fingerprint density at radius 1 is 1.45 bits per heavy atom. The van der Waals surface area contributed by atoms with Gasteiger partial charge in [-0.15, -0.1) is 0 Å². The van der Waals surface area contributed by atoms with Crippen LogP contribution in [0.15, 0.2) is 29.2 Å². The summed E-state index contributed by atoms with van der Waals surface area (Å²) < 4.78 is 7.10. The number of aromatic nitrogens is 1. The fourth-order valence-corrected chi connectivity index (χ4v) is 2.06. The molecule has 0 aliphatic rings. The van der Waals surface area contributed by atoms with Crippen molar-refractivity contribution in [3.8, 4) is 5.75 Å². The molecule has 0 spiro atoms. The van der Waals surface area contributed by atoms with Crippen LogP contribution in [-0.4, -0.2) is 28.8 Å². The number of nitrogens with zero attached hydrogens (tertiary/aromatic N) is 1. The van der Waals surface area contributed by atoms with Gasteiger partial charge in [0.25, 0.3) is 0 Å². The fourth-order valence-electron chi connectivity index (χ4n) is 2.06. The van der Waals surface area contributed by atoms with Gasteiger partial charge in [-0.05, 0) is 25.1 Å². The molecule has 1 aromatic carbocycles. The Hall–Kier alpha value is -2.34. The predicted molar refractivity (Wildman–Crippen MR) is 75.4 cm³/mol. The zero-order chi connectivity index (χ0) is 14.7. The molecular weight excluding hydrogens is 260 g/mol. The van der Waals surface area contributed by atoms with Crippen LogP contribution in [0.5, 0.6) is 5.75 Å². The van der Waals surface area contributed by atoms with Crippen molar-refractivity contribution in [2.45, 2.75) is 13.5 Å². The first kappa shape index (κ1) is 14.1. The van der Waals surface area contributed by atoms with E-state index < -0.39 is 11.4 Å². The molecule has 6 nitrogen and oxygen atoms in total. The Balaban J connectivity index is 2.68. The molecule has 0 atom stereocenters. The van der Waals surface area contributed by atoms with Crippen LogP contribution in [0.1, 0.15) is 17.3 Å². The Bertz CT molecular complexity index is 706. The quantitative estimate of drug-likeness (QED) is 0.851. The molecule has 0 aliphatic carbocycles. The molecule has 0 bridgehead atoms. The van der Waals surface area contributed by atoms with E-state index in [9.17, 15) is 9.59 Å². The topological polar surface area (TPSA) is 94.5 Å². The maximum Gasteiger partial charge on any atom is 0.341 e. The molecule has 6 heteroatoms. The van der Waals surface area contributed by atoms with Crippen molar-refractivity contribution >= 4 is 16.9 Å². The molecule has 2 aromatic rings. The van der Waals surface area contributed by atoms with Crippen LogP contribution in [0, 0.1) is 0 Å². The summed E-state index contributed by atoms with van der Waals surface area (Å²) in [5, 5.41) is 9.43. The summed E-state index contributed by atoms with van der Waals surface area (Å²) in [5.74, 6) is -0.724. The van der Waals surface area contributed by atoms with Gasteiger partial charge in [0, 0.05) is 19.3 Å². The van der Waals surface area contributed by atoms with E-state index in [0.29, 0.717) is 36.3 Å². The van der Waals surface area contributed by atoms with Crippen molar-refractivity contribution < 1.29 is 14.6 Å². The van der Waals surface area contributed by atoms with Crippen molar-refractivity contribution in [3.05, 3.63) is 40.2 Å². The molecule has 0 saturated heterocycles. The number of ether oxygens (including phenoxy) is 1. The van der Waals surface area contributed by atoms with E-state index in [-0.39, 0.29) is 5.56 Å². The SMILES string of the molecule is CCn1cc(C(=O)O)c(=O)c2cc(OCCN)ccc21. The number of benzene rings is 1. The highest BCUT2D eigenvalue weighted by Crippen LogP contribution is 2.19. The van der Waals surface area contributed by atoms with E-state index in [0.717, 1.165) is 0 Å². The summed E-state index contributed by atoms with van der Waals surface area (Å²) in [7, 11) is 0. The number of carbonyl (C=O) groups is 1. The minimum atomic E-state index is -1.23. The van der Waals surface area contributed by atoms with E-state index in [1.807, 2.05) is 6.92 Å². The lowest BCUT2D eigenvalue weighted by Gasteiger charge is -2.11. The third-order valence-corrected chi connectivity index (χ3v) is 3.01. The van der Waals surface area contributed by atoms with Crippen molar-refractivity contribution in [2.75, 3.05) is 13.2 Å². The van der Waals surface area contributed by atoms with Crippen LogP contribution >= 0.6 is 0 Å². The van der Waals surface area contributed by atoms with E-state index in [2.05, 4.69) is 0 Å². The van der Waals surface area contributed by atoms with Crippen LogP contribution in [0.3, 0.4) is 0 Å². The van der Waals surface area contributed by atoms with Gasteiger partial charge >= 0.3 is 5.97 Å². The predicted octanol–water partition coefficient (Wildman–Crippen LogP) is 1.06. The molecule has 0 aliphatic heterocycles. The zero-order valence-corrected chi connectivity index (χ0v) is 11.1. The van der Waals surface area contributed by atoms with Crippen LogP contribution < -0.4 is 15.9 Å². The second kappa shape index (κ2) is 5.75. The highest BCUT2D eigenvalue weighted by atomic mass is 16.5. The highest BCUT2D eigenvalue weighted by Gasteiger charge is 2.14. The number of aromatic carboxylic acids is 1. The minimum Gasteiger partial charge on any atom is -0.492 e. The summed E-state index contributed by atoms with van der Waals surface area (Å²) in [4.78, 5) is 23.3. The van der Waals surface area contributed by atoms with Gasteiger partial charge in [-0.25, -0.2) is 4.79 Å². The number of hydrogen-bond acceptors (Lipinski definition) is 4.